The van der Waals surface area contributed by atoms with Gasteiger partial charge in [-0.2, -0.15) is 5.26 Å². The summed E-state index contributed by atoms with van der Waals surface area (Å²) in [4.78, 5) is 10.7. The molecule has 0 aliphatic rings. The van der Waals surface area contributed by atoms with Crippen molar-refractivity contribution in [2.24, 2.45) is 0 Å². The number of ether oxygens (including phenoxy) is 1. The van der Waals surface area contributed by atoms with Gasteiger partial charge in [0.15, 0.2) is 5.12 Å². The van der Waals surface area contributed by atoms with Gasteiger partial charge in [0.25, 0.3) is 0 Å². The van der Waals surface area contributed by atoms with Crippen LogP contribution in [0.2, 0.25) is 0 Å². The Morgan fingerprint density at radius 2 is 2.35 bits per heavy atom. The van der Waals surface area contributed by atoms with Gasteiger partial charge in [0, 0.05) is 12.7 Å². The van der Waals surface area contributed by atoms with Gasteiger partial charge in [-0.1, -0.05) is 23.9 Å². The van der Waals surface area contributed by atoms with Crippen LogP contribution >= 0.6 is 11.8 Å². The zero-order chi connectivity index (χ0) is 12.7. The molecule has 0 aliphatic carbocycles. The van der Waals surface area contributed by atoms with E-state index in [1.807, 2.05) is 12.2 Å². The number of thioether (sulfide) groups is 1. The summed E-state index contributed by atoms with van der Waals surface area (Å²) >= 11 is 1.23. The molecule has 0 saturated heterocycles. The van der Waals surface area contributed by atoms with Crippen LogP contribution in [0.5, 0.6) is 5.75 Å². The van der Waals surface area contributed by atoms with E-state index in [0.29, 0.717) is 17.1 Å². The molecule has 17 heavy (non-hydrogen) atoms. The number of carbonyl (C=O) groups excluding carboxylic acids is 1. The van der Waals surface area contributed by atoms with Gasteiger partial charge in [-0.05, 0) is 23.8 Å². The monoisotopic (exact) mass is 247 g/mol. The van der Waals surface area contributed by atoms with Gasteiger partial charge in [-0.3, -0.25) is 4.79 Å². The lowest BCUT2D eigenvalue weighted by Crippen LogP contribution is -1.87. The van der Waals surface area contributed by atoms with Crippen LogP contribution < -0.4 is 4.74 Å². The first kappa shape index (κ1) is 13.3. The van der Waals surface area contributed by atoms with Gasteiger partial charge >= 0.3 is 0 Å². The summed E-state index contributed by atoms with van der Waals surface area (Å²) in [5, 5.41) is 9.03. The highest BCUT2D eigenvalue weighted by Gasteiger charge is 2.00. The highest BCUT2D eigenvalue weighted by Crippen LogP contribution is 2.18. The summed E-state index contributed by atoms with van der Waals surface area (Å²) in [7, 11) is 1.58. The van der Waals surface area contributed by atoms with Gasteiger partial charge in [-0.25, -0.2) is 0 Å². The average Bonchev–Trinajstić information content (AvgIpc) is 2.34. The molecule has 3 nitrogen and oxygen atoms in total. The zero-order valence-corrected chi connectivity index (χ0v) is 10.6. The molecule has 1 rings (SSSR count). The number of carbonyl (C=O) groups is 1. The molecule has 4 heteroatoms. The van der Waals surface area contributed by atoms with Gasteiger partial charge in [0.05, 0.1) is 18.7 Å². The first-order valence-electron chi connectivity index (χ1n) is 5.05. The Hall–Kier alpha value is -1.73. The average molecular weight is 247 g/mol. The molecule has 0 amide bonds. The van der Waals surface area contributed by atoms with Crippen LogP contribution in [0.4, 0.5) is 0 Å². The number of nitriles is 1. The Bertz CT molecular complexity index is 475. The third-order valence-electron chi connectivity index (χ3n) is 2.06. The summed E-state index contributed by atoms with van der Waals surface area (Å²) in [5.41, 5.74) is 1.39. The smallest absolute Gasteiger partial charge is 0.186 e. The molecule has 1 aromatic rings. The molecule has 0 bridgehead atoms. The molecule has 0 fully saturated rings. The van der Waals surface area contributed by atoms with Crippen molar-refractivity contribution < 1.29 is 9.53 Å². The minimum Gasteiger partial charge on any atom is -0.497 e. The molecule has 0 N–H and O–H groups in total. The predicted molar refractivity (Wildman–Crippen MR) is 69.9 cm³/mol. The highest BCUT2D eigenvalue weighted by molar-refractivity contribution is 8.13. The fraction of sp³-hybridized carbons (Fsp3) is 0.231. The van der Waals surface area contributed by atoms with E-state index in [9.17, 15) is 4.79 Å². The van der Waals surface area contributed by atoms with Crippen molar-refractivity contribution in [1.29, 1.82) is 5.26 Å². The Kier molecular flexibility index (Phi) is 5.31. The number of rotatable bonds is 4. The molecule has 0 aromatic heterocycles. The molecule has 0 saturated carbocycles. The van der Waals surface area contributed by atoms with Crippen LogP contribution in [0.1, 0.15) is 18.1 Å². The second-order valence-corrected chi connectivity index (χ2v) is 4.47. The highest BCUT2D eigenvalue weighted by atomic mass is 32.2. The topological polar surface area (TPSA) is 50.1 Å². The van der Waals surface area contributed by atoms with E-state index in [1.54, 1.807) is 25.3 Å². The van der Waals surface area contributed by atoms with E-state index in [4.69, 9.17) is 10.00 Å². The standard InChI is InChI=1S/C13H13NO2S/c1-10(15)17-7-3-4-11-8-13(16-2)6-5-12(11)9-14/h3-6,8H,7H2,1-2H3. The van der Waals surface area contributed by atoms with Crippen molar-refractivity contribution in [2.75, 3.05) is 12.9 Å². The first-order valence-corrected chi connectivity index (χ1v) is 6.04. The Morgan fingerprint density at radius 3 is 2.94 bits per heavy atom. The number of methoxy groups -OCH3 is 1. The van der Waals surface area contributed by atoms with E-state index >= 15 is 0 Å². The van der Waals surface area contributed by atoms with Crippen molar-refractivity contribution in [3.63, 3.8) is 0 Å². The second-order valence-electron chi connectivity index (χ2n) is 3.27. The van der Waals surface area contributed by atoms with Crippen molar-refractivity contribution in [2.45, 2.75) is 6.92 Å². The van der Waals surface area contributed by atoms with Crippen LogP contribution in [0, 0.1) is 11.3 Å². The number of hydrogen-bond acceptors (Lipinski definition) is 4. The lowest BCUT2D eigenvalue weighted by Gasteiger charge is -2.02. The van der Waals surface area contributed by atoms with E-state index in [2.05, 4.69) is 6.07 Å². The van der Waals surface area contributed by atoms with Gasteiger partial charge in [0.1, 0.15) is 5.75 Å². The number of hydrogen-bond donors (Lipinski definition) is 0. The maximum absolute atomic E-state index is 10.7. The SMILES string of the molecule is COc1ccc(C#N)c(C=CCSC(C)=O)c1. The molecular weight excluding hydrogens is 234 g/mol. The third kappa shape index (κ3) is 4.33. The van der Waals surface area contributed by atoms with Gasteiger partial charge in [-0.15, -0.1) is 0 Å². The van der Waals surface area contributed by atoms with E-state index in [0.717, 1.165) is 5.56 Å². The zero-order valence-electron chi connectivity index (χ0n) is 9.77. The Morgan fingerprint density at radius 1 is 1.59 bits per heavy atom. The summed E-state index contributed by atoms with van der Waals surface area (Å²) in [6.07, 6.45) is 3.69. The minimum absolute atomic E-state index is 0.0841. The summed E-state index contributed by atoms with van der Waals surface area (Å²) < 4.78 is 5.10. The first-order chi connectivity index (χ1) is 8.17. The van der Waals surface area contributed by atoms with Crippen LogP contribution in [0.25, 0.3) is 6.08 Å². The third-order valence-corrected chi connectivity index (χ3v) is 2.83. The Balaban J connectivity index is 2.81. The molecule has 88 valence electrons. The minimum atomic E-state index is 0.0841. The number of benzene rings is 1. The molecule has 0 heterocycles. The summed E-state index contributed by atoms with van der Waals surface area (Å²) in [5.74, 6) is 1.32. The summed E-state index contributed by atoms with van der Waals surface area (Å²) in [6, 6.07) is 7.38. The summed E-state index contributed by atoms with van der Waals surface area (Å²) in [6.45, 7) is 1.53. The van der Waals surface area contributed by atoms with E-state index < -0.39 is 0 Å². The van der Waals surface area contributed by atoms with Crippen molar-refractivity contribution >= 4 is 23.0 Å². The molecule has 0 spiro atoms. The van der Waals surface area contributed by atoms with Gasteiger partial charge < -0.3 is 4.74 Å². The van der Waals surface area contributed by atoms with E-state index in [1.165, 1.54) is 18.7 Å². The van der Waals surface area contributed by atoms with Crippen LogP contribution in [0.15, 0.2) is 24.3 Å². The second kappa shape index (κ2) is 6.77. The molecular formula is C13H13NO2S. The maximum Gasteiger partial charge on any atom is 0.186 e. The molecule has 1 aromatic carbocycles. The van der Waals surface area contributed by atoms with Gasteiger partial charge in [0.2, 0.25) is 0 Å². The lowest BCUT2D eigenvalue weighted by molar-refractivity contribution is -0.109. The van der Waals surface area contributed by atoms with Crippen LogP contribution in [0.3, 0.4) is 0 Å². The molecule has 0 radical (unpaired) electrons. The number of nitrogens with zero attached hydrogens (tertiary/aromatic N) is 1. The largest absolute Gasteiger partial charge is 0.497 e. The molecule has 0 atom stereocenters. The fourth-order valence-corrected chi connectivity index (χ4v) is 1.68. The van der Waals surface area contributed by atoms with Crippen molar-refractivity contribution in [3.05, 3.63) is 35.4 Å². The molecule has 0 unspecified atom stereocenters. The predicted octanol–water partition coefficient (Wildman–Crippen LogP) is 2.86. The fourth-order valence-electron chi connectivity index (χ4n) is 1.25. The molecule has 0 aliphatic heterocycles. The quantitative estimate of drug-likeness (QED) is 0.821. The maximum atomic E-state index is 10.7. The lowest BCUT2D eigenvalue weighted by atomic mass is 10.1. The van der Waals surface area contributed by atoms with Crippen molar-refractivity contribution in [1.82, 2.24) is 0 Å². The van der Waals surface area contributed by atoms with Crippen LogP contribution in [-0.4, -0.2) is 18.0 Å². The van der Waals surface area contributed by atoms with Crippen LogP contribution in [-0.2, 0) is 4.79 Å². The van der Waals surface area contributed by atoms with E-state index in [-0.39, 0.29) is 5.12 Å². The Labute approximate surface area is 105 Å². The van der Waals surface area contributed by atoms with Crippen molar-refractivity contribution in [3.8, 4) is 11.8 Å². The normalized spacial score (nSPS) is 10.2.